The van der Waals surface area contributed by atoms with E-state index < -0.39 is 0 Å². The van der Waals surface area contributed by atoms with Crippen LogP contribution < -0.4 is 19.5 Å². The Kier molecular flexibility index (Phi) is 7.36. The molecule has 0 spiro atoms. The molecule has 0 aromatic heterocycles. The van der Waals surface area contributed by atoms with E-state index in [1.54, 1.807) is 43.5 Å². The Balaban J connectivity index is 2.09. The molecule has 1 N–H and O–H groups in total. The molecule has 0 aliphatic heterocycles. The standard InChI is InChI=1S/C19H19BrClNO4/c1-4-7-26-16-6-5-12(8-14(16)20)19(23)22-11-13-9-17(24-2)18(25-3)10-15(13)21/h4-6,8-10H,1,7,11H2,2-3H3,(H,22,23). The summed E-state index contributed by atoms with van der Waals surface area (Å²) in [6.45, 7) is 4.25. The van der Waals surface area contributed by atoms with E-state index in [1.165, 1.54) is 7.11 Å². The van der Waals surface area contributed by atoms with E-state index in [9.17, 15) is 4.79 Å². The topological polar surface area (TPSA) is 56.8 Å². The molecule has 0 heterocycles. The number of carbonyl (C=O) groups is 1. The van der Waals surface area contributed by atoms with Gasteiger partial charge in [0.1, 0.15) is 12.4 Å². The van der Waals surface area contributed by atoms with Crippen LogP contribution in [-0.2, 0) is 6.54 Å². The molecule has 0 bridgehead atoms. The maximum atomic E-state index is 12.4. The molecule has 26 heavy (non-hydrogen) atoms. The number of rotatable bonds is 8. The lowest BCUT2D eigenvalue weighted by atomic mass is 10.1. The molecular weight excluding hydrogens is 422 g/mol. The van der Waals surface area contributed by atoms with E-state index in [2.05, 4.69) is 27.8 Å². The summed E-state index contributed by atoms with van der Waals surface area (Å²) < 4.78 is 16.6. The summed E-state index contributed by atoms with van der Waals surface area (Å²) in [5, 5.41) is 3.32. The van der Waals surface area contributed by atoms with Crippen molar-refractivity contribution in [1.82, 2.24) is 5.32 Å². The highest BCUT2D eigenvalue weighted by Crippen LogP contribution is 2.33. The molecule has 5 nitrogen and oxygen atoms in total. The third-order valence-electron chi connectivity index (χ3n) is 3.54. The summed E-state index contributed by atoms with van der Waals surface area (Å²) in [5.74, 6) is 1.50. The second-order valence-electron chi connectivity index (χ2n) is 5.23. The van der Waals surface area contributed by atoms with Crippen LogP contribution in [0.3, 0.4) is 0 Å². The molecule has 2 aromatic carbocycles. The maximum absolute atomic E-state index is 12.4. The second-order valence-corrected chi connectivity index (χ2v) is 6.49. The Bertz CT molecular complexity index is 810. The molecule has 7 heteroatoms. The summed E-state index contributed by atoms with van der Waals surface area (Å²) in [5.41, 5.74) is 1.22. The second kappa shape index (κ2) is 9.50. The van der Waals surface area contributed by atoms with Gasteiger partial charge in [-0.25, -0.2) is 0 Å². The first-order valence-corrected chi connectivity index (χ1v) is 8.89. The Labute approximate surface area is 166 Å². The lowest BCUT2D eigenvalue weighted by molar-refractivity contribution is 0.0951. The predicted molar refractivity (Wildman–Crippen MR) is 106 cm³/mol. The van der Waals surface area contributed by atoms with Crippen molar-refractivity contribution in [3.63, 3.8) is 0 Å². The van der Waals surface area contributed by atoms with Crippen molar-refractivity contribution < 1.29 is 19.0 Å². The van der Waals surface area contributed by atoms with Gasteiger partial charge in [-0.15, -0.1) is 0 Å². The monoisotopic (exact) mass is 439 g/mol. The van der Waals surface area contributed by atoms with Gasteiger partial charge in [0.05, 0.1) is 18.7 Å². The zero-order chi connectivity index (χ0) is 19.1. The molecule has 0 atom stereocenters. The van der Waals surface area contributed by atoms with Gasteiger partial charge in [-0.2, -0.15) is 0 Å². The van der Waals surface area contributed by atoms with Gasteiger partial charge in [-0.05, 0) is 45.8 Å². The fraction of sp³-hybridized carbons (Fsp3) is 0.211. The highest BCUT2D eigenvalue weighted by molar-refractivity contribution is 9.10. The Morgan fingerprint density at radius 1 is 1.19 bits per heavy atom. The number of ether oxygens (including phenoxy) is 3. The van der Waals surface area contributed by atoms with E-state index in [0.717, 1.165) is 5.56 Å². The zero-order valence-corrected chi connectivity index (χ0v) is 16.8. The van der Waals surface area contributed by atoms with Crippen LogP contribution in [0.2, 0.25) is 5.02 Å². The van der Waals surface area contributed by atoms with Gasteiger partial charge in [0.2, 0.25) is 0 Å². The van der Waals surface area contributed by atoms with Crippen LogP contribution in [0.4, 0.5) is 0 Å². The first kappa shape index (κ1) is 20.1. The molecule has 0 unspecified atom stereocenters. The van der Waals surface area contributed by atoms with Crippen LogP contribution >= 0.6 is 27.5 Å². The van der Waals surface area contributed by atoms with Crippen LogP contribution in [0, 0.1) is 0 Å². The largest absolute Gasteiger partial charge is 0.493 e. The van der Waals surface area contributed by atoms with E-state index in [1.807, 2.05) is 0 Å². The summed E-state index contributed by atoms with van der Waals surface area (Å²) in [4.78, 5) is 12.4. The van der Waals surface area contributed by atoms with Gasteiger partial charge in [0.15, 0.2) is 11.5 Å². The zero-order valence-electron chi connectivity index (χ0n) is 14.5. The molecule has 138 valence electrons. The molecule has 0 saturated heterocycles. The van der Waals surface area contributed by atoms with Crippen LogP contribution in [0.15, 0.2) is 47.5 Å². The van der Waals surface area contributed by atoms with E-state index in [-0.39, 0.29) is 12.5 Å². The SMILES string of the molecule is C=CCOc1ccc(C(=O)NCc2cc(OC)c(OC)cc2Cl)cc1Br. The van der Waals surface area contributed by atoms with Crippen molar-refractivity contribution >= 4 is 33.4 Å². The number of hydrogen-bond donors (Lipinski definition) is 1. The van der Waals surface area contributed by atoms with Crippen LogP contribution in [-0.4, -0.2) is 26.7 Å². The number of carbonyl (C=O) groups excluding carboxylic acids is 1. The summed E-state index contributed by atoms with van der Waals surface area (Å²) >= 11 is 9.64. The molecule has 2 rings (SSSR count). The number of nitrogens with one attached hydrogen (secondary N) is 1. The lowest BCUT2D eigenvalue weighted by Crippen LogP contribution is -2.23. The smallest absolute Gasteiger partial charge is 0.251 e. The average molecular weight is 441 g/mol. The quantitative estimate of drug-likeness (QED) is 0.609. The predicted octanol–water partition coefficient (Wildman–Crippen LogP) is 4.61. The molecular formula is C19H19BrClNO4. The van der Waals surface area contributed by atoms with Gasteiger partial charge in [0.25, 0.3) is 5.91 Å². The minimum atomic E-state index is -0.230. The number of halogens is 2. The average Bonchev–Trinajstić information content (AvgIpc) is 2.65. The number of benzene rings is 2. The fourth-order valence-electron chi connectivity index (χ4n) is 2.22. The summed E-state index contributed by atoms with van der Waals surface area (Å²) in [7, 11) is 3.08. The first-order valence-electron chi connectivity index (χ1n) is 7.72. The number of methoxy groups -OCH3 is 2. The van der Waals surface area contributed by atoms with Crippen molar-refractivity contribution in [2.75, 3.05) is 20.8 Å². The van der Waals surface area contributed by atoms with Crippen molar-refractivity contribution in [1.29, 1.82) is 0 Å². The number of amides is 1. The molecule has 0 saturated carbocycles. The Morgan fingerprint density at radius 3 is 2.50 bits per heavy atom. The van der Waals surface area contributed by atoms with E-state index in [4.69, 9.17) is 25.8 Å². The molecule has 0 radical (unpaired) electrons. The van der Waals surface area contributed by atoms with E-state index in [0.29, 0.717) is 38.9 Å². The summed E-state index contributed by atoms with van der Waals surface area (Å²) in [6.07, 6.45) is 1.65. The third-order valence-corrected chi connectivity index (χ3v) is 4.51. The van der Waals surface area contributed by atoms with Crippen LogP contribution in [0.1, 0.15) is 15.9 Å². The molecule has 1 amide bonds. The van der Waals surface area contributed by atoms with Crippen LogP contribution in [0.25, 0.3) is 0 Å². The van der Waals surface area contributed by atoms with Gasteiger partial charge in [-0.1, -0.05) is 24.3 Å². The normalized spacial score (nSPS) is 10.2. The van der Waals surface area contributed by atoms with Gasteiger partial charge in [0, 0.05) is 23.2 Å². The van der Waals surface area contributed by atoms with Crippen LogP contribution in [0.5, 0.6) is 17.2 Å². The Hall–Kier alpha value is -2.18. The lowest BCUT2D eigenvalue weighted by Gasteiger charge is -2.13. The van der Waals surface area contributed by atoms with Crippen molar-refractivity contribution in [3.8, 4) is 17.2 Å². The van der Waals surface area contributed by atoms with Gasteiger partial charge >= 0.3 is 0 Å². The maximum Gasteiger partial charge on any atom is 0.251 e. The molecule has 0 fully saturated rings. The third kappa shape index (κ3) is 4.93. The molecule has 2 aromatic rings. The number of hydrogen-bond acceptors (Lipinski definition) is 4. The summed E-state index contributed by atoms with van der Waals surface area (Å²) in [6, 6.07) is 8.51. The minimum absolute atomic E-state index is 0.230. The Morgan fingerprint density at radius 2 is 1.88 bits per heavy atom. The fourth-order valence-corrected chi connectivity index (χ4v) is 2.93. The molecule has 0 aliphatic carbocycles. The van der Waals surface area contributed by atoms with Crippen molar-refractivity contribution in [2.45, 2.75) is 6.54 Å². The molecule has 0 aliphatic rings. The van der Waals surface area contributed by atoms with Gasteiger partial charge < -0.3 is 19.5 Å². The first-order chi connectivity index (χ1) is 12.5. The van der Waals surface area contributed by atoms with Gasteiger partial charge in [-0.3, -0.25) is 4.79 Å². The minimum Gasteiger partial charge on any atom is -0.493 e. The van der Waals surface area contributed by atoms with Crippen molar-refractivity contribution in [3.05, 3.63) is 63.6 Å². The highest BCUT2D eigenvalue weighted by atomic mass is 79.9. The van der Waals surface area contributed by atoms with Crippen molar-refractivity contribution in [2.24, 2.45) is 0 Å². The highest BCUT2D eigenvalue weighted by Gasteiger charge is 2.13. The van der Waals surface area contributed by atoms with E-state index >= 15 is 0 Å².